The standard InChI is InChI=1S/C18H17ClN2O4/c1-12(22)20-15-6-8-16(9-7-15)21-17(23)11-25-18(24)10-13-2-4-14(19)5-3-13/h2-9H,10-11H2,1H3,(H,20,22)(H,21,23). The molecule has 7 heteroatoms. The first-order valence-corrected chi connectivity index (χ1v) is 7.88. The first-order valence-electron chi connectivity index (χ1n) is 7.50. The zero-order valence-corrected chi connectivity index (χ0v) is 14.3. The highest BCUT2D eigenvalue weighted by atomic mass is 35.5. The maximum atomic E-state index is 11.8. The summed E-state index contributed by atoms with van der Waals surface area (Å²) >= 11 is 5.77. The molecule has 0 saturated heterocycles. The van der Waals surface area contributed by atoms with Gasteiger partial charge in [0, 0.05) is 23.3 Å². The smallest absolute Gasteiger partial charge is 0.310 e. The maximum Gasteiger partial charge on any atom is 0.310 e. The van der Waals surface area contributed by atoms with Crippen LogP contribution in [0.2, 0.25) is 5.02 Å². The second-order valence-electron chi connectivity index (χ2n) is 5.27. The van der Waals surface area contributed by atoms with Crippen LogP contribution in [0.15, 0.2) is 48.5 Å². The Labute approximate surface area is 150 Å². The van der Waals surface area contributed by atoms with Crippen LogP contribution in [0.1, 0.15) is 12.5 Å². The largest absolute Gasteiger partial charge is 0.455 e. The SMILES string of the molecule is CC(=O)Nc1ccc(NC(=O)COC(=O)Cc2ccc(Cl)cc2)cc1. The van der Waals surface area contributed by atoms with E-state index in [4.69, 9.17) is 16.3 Å². The second-order valence-corrected chi connectivity index (χ2v) is 5.71. The quantitative estimate of drug-likeness (QED) is 0.775. The van der Waals surface area contributed by atoms with Crippen LogP contribution >= 0.6 is 11.6 Å². The third-order valence-electron chi connectivity index (χ3n) is 3.11. The molecule has 2 aromatic rings. The lowest BCUT2D eigenvalue weighted by molar-refractivity contribution is -0.146. The summed E-state index contributed by atoms with van der Waals surface area (Å²) in [5, 5.41) is 5.81. The zero-order valence-electron chi connectivity index (χ0n) is 13.5. The highest BCUT2D eigenvalue weighted by Crippen LogP contribution is 2.13. The fraction of sp³-hybridized carbons (Fsp3) is 0.167. The van der Waals surface area contributed by atoms with Crippen molar-refractivity contribution in [1.82, 2.24) is 0 Å². The van der Waals surface area contributed by atoms with E-state index in [2.05, 4.69) is 10.6 Å². The summed E-state index contributed by atoms with van der Waals surface area (Å²) in [7, 11) is 0. The van der Waals surface area contributed by atoms with E-state index in [0.717, 1.165) is 5.56 Å². The number of halogens is 1. The van der Waals surface area contributed by atoms with Crippen LogP contribution < -0.4 is 10.6 Å². The van der Waals surface area contributed by atoms with Gasteiger partial charge in [-0.1, -0.05) is 23.7 Å². The molecule has 2 aromatic carbocycles. The summed E-state index contributed by atoms with van der Waals surface area (Å²) < 4.78 is 4.95. The van der Waals surface area contributed by atoms with Crippen molar-refractivity contribution >= 4 is 40.8 Å². The number of anilines is 2. The van der Waals surface area contributed by atoms with Gasteiger partial charge in [-0.25, -0.2) is 0 Å². The van der Waals surface area contributed by atoms with Gasteiger partial charge >= 0.3 is 5.97 Å². The molecular weight excluding hydrogens is 344 g/mol. The Bertz CT molecular complexity index is 758. The van der Waals surface area contributed by atoms with Gasteiger partial charge in [0.05, 0.1) is 6.42 Å². The predicted octanol–water partition coefficient (Wildman–Crippen LogP) is 3.02. The van der Waals surface area contributed by atoms with Gasteiger partial charge in [0.25, 0.3) is 5.91 Å². The van der Waals surface area contributed by atoms with Gasteiger partial charge in [-0.15, -0.1) is 0 Å². The van der Waals surface area contributed by atoms with E-state index in [0.29, 0.717) is 16.4 Å². The molecule has 0 heterocycles. The molecule has 0 aliphatic rings. The van der Waals surface area contributed by atoms with Crippen molar-refractivity contribution in [2.45, 2.75) is 13.3 Å². The first kappa shape index (κ1) is 18.5. The number of esters is 1. The molecule has 0 atom stereocenters. The van der Waals surface area contributed by atoms with Crippen molar-refractivity contribution in [1.29, 1.82) is 0 Å². The molecule has 0 spiro atoms. The minimum absolute atomic E-state index is 0.0653. The number of benzene rings is 2. The number of ether oxygens (including phenoxy) is 1. The fourth-order valence-electron chi connectivity index (χ4n) is 2.00. The molecule has 0 radical (unpaired) electrons. The van der Waals surface area contributed by atoms with Crippen LogP contribution in [-0.4, -0.2) is 24.4 Å². The number of amides is 2. The number of carbonyl (C=O) groups excluding carboxylic acids is 3. The van der Waals surface area contributed by atoms with Crippen LogP contribution in [-0.2, 0) is 25.5 Å². The van der Waals surface area contributed by atoms with E-state index in [-0.39, 0.29) is 18.9 Å². The van der Waals surface area contributed by atoms with Gasteiger partial charge in [-0.3, -0.25) is 14.4 Å². The van der Waals surface area contributed by atoms with Gasteiger partial charge in [0.15, 0.2) is 6.61 Å². The fourth-order valence-corrected chi connectivity index (χ4v) is 2.13. The summed E-state index contributed by atoms with van der Waals surface area (Å²) in [5.74, 6) is -1.13. The minimum Gasteiger partial charge on any atom is -0.455 e. The summed E-state index contributed by atoms with van der Waals surface area (Å²) in [4.78, 5) is 34.5. The van der Waals surface area contributed by atoms with Crippen LogP contribution in [0, 0.1) is 0 Å². The lowest BCUT2D eigenvalue weighted by atomic mass is 10.1. The Morgan fingerprint density at radius 1 is 0.920 bits per heavy atom. The highest BCUT2D eigenvalue weighted by molar-refractivity contribution is 6.30. The summed E-state index contributed by atoms with van der Waals surface area (Å²) in [6, 6.07) is 13.4. The van der Waals surface area contributed by atoms with E-state index in [1.807, 2.05) is 0 Å². The Morgan fingerprint density at radius 3 is 2.04 bits per heavy atom. The Hall–Kier alpha value is -2.86. The Morgan fingerprint density at radius 2 is 1.48 bits per heavy atom. The van der Waals surface area contributed by atoms with Crippen molar-refractivity contribution in [3.8, 4) is 0 Å². The molecule has 0 aliphatic heterocycles. The molecule has 2 rings (SSSR count). The topological polar surface area (TPSA) is 84.5 Å². The predicted molar refractivity (Wildman–Crippen MR) is 95.5 cm³/mol. The van der Waals surface area contributed by atoms with Crippen molar-refractivity contribution in [3.63, 3.8) is 0 Å². The van der Waals surface area contributed by atoms with Gasteiger partial charge in [-0.2, -0.15) is 0 Å². The van der Waals surface area contributed by atoms with E-state index in [1.165, 1.54) is 6.92 Å². The average molecular weight is 361 g/mol. The number of hydrogen-bond donors (Lipinski definition) is 2. The lowest BCUT2D eigenvalue weighted by Crippen LogP contribution is -2.21. The number of carbonyl (C=O) groups is 3. The molecule has 0 saturated carbocycles. The third-order valence-corrected chi connectivity index (χ3v) is 3.37. The number of rotatable bonds is 6. The lowest BCUT2D eigenvalue weighted by Gasteiger charge is -2.08. The highest BCUT2D eigenvalue weighted by Gasteiger charge is 2.09. The summed E-state index contributed by atoms with van der Waals surface area (Å²) in [5.41, 5.74) is 1.91. The van der Waals surface area contributed by atoms with Crippen molar-refractivity contribution in [2.75, 3.05) is 17.2 Å². The zero-order chi connectivity index (χ0) is 18.2. The molecule has 0 bridgehead atoms. The molecule has 25 heavy (non-hydrogen) atoms. The normalized spacial score (nSPS) is 10.0. The van der Waals surface area contributed by atoms with E-state index < -0.39 is 11.9 Å². The number of hydrogen-bond acceptors (Lipinski definition) is 4. The Kier molecular flexibility index (Phi) is 6.54. The van der Waals surface area contributed by atoms with Crippen LogP contribution in [0.3, 0.4) is 0 Å². The third kappa shape index (κ3) is 6.64. The molecule has 0 fully saturated rings. The van der Waals surface area contributed by atoms with Crippen LogP contribution in [0.25, 0.3) is 0 Å². The minimum atomic E-state index is -0.501. The molecule has 0 unspecified atom stereocenters. The molecule has 0 aliphatic carbocycles. The van der Waals surface area contributed by atoms with Gasteiger partial charge in [-0.05, 0) is 42.0 Å². The summed E-state index contributed by atoms with van der Waals surface area (Å²) in [6.45, 7) is 1.04. The summed E-state index contributed by atoms with van der Waals surface area (Å²) in [6.07, 6.45) is 0.0653. The van der Waals surface area contributed by atoms with E-state index in [1.54, 1.807) is 48.5 Å². The van der Waals surface area contributed by atoms with Gasteiger partial charge in [0.2, 0.25) is 5.91 Å². The second kappa shape index (κ2) is 8.84. The molecule has 130 valence electrons. The van der Waals surface area contributed by atoms with Crippen molar-refractivity contribution in [2.24, 2.45) is 0 Å². The molecule has 0 aromatic heterocycles. The number of nitrogens with one attached hydrogen (secondary N) is 2. The van der Waals surface area contributed by atoms with E-state index >= 15 is 0 Å². The molecule has 6 nitrogen and oxygen atoms in total. The molecule has 2 N–H and O–H groups in total. The van der Waals surface area contributed by atoms with Gasteiger partial charge < -0.3 is 15.4 Å². The molecular formula is C18H17ClN2O4. The van der Waals surface area contributed by atoms with Crippen LogP contribution in [0.4, 0.5) is 11.4 Å². The van der Waals surface area contributed by atoms with Crippen molar-refractivity contribution in [3.05, 3.63) is 59.1 Å². The average Bonchev–Trinajstić information content (AvgIpc) is 2.56. The van der Waals surface area contributed by atoms with Crippen LogP contribution in [0.5, 0.6) is 0 Å². The maximum absolute atomic E-state index is 11.8. The Balaban J connectivity index is 1.77. The van der Waals surface area contributed by atoms with E-state index in [9.17, 15) is 14.4 Å². The molecule has 2 amide bonds. The van der Waals surface area contributed by atoms with Crippen molar-refractivity contribution < 1.29 is 19.1 Å². The monoisotopic (exact) mass is 360 g/mol. The first-order chi connectivity index (χ1) is 11.9. The van der Waals surface area contributed by atoms with Gasteiger partial charge in [0.1, 0.15) is 0 Å².